The van der Waals surface area contributed by atoms with Gasteiger partial charge in [0.15, 0.2) is 11.0 Å². The van der Waals surface area contributed by atoms with Gasteiger partial charge in [-0.1, -0.05) is 47.3 Å². The summed E-state index contributed by atoms with van der Waals surface area (Å²) >= 11 is 1.29. The molecule has 11 heteroatoms. The predicted molar refractivity (Wildman–Crippen MR) is 137 cm³/mol. The number of thioether (sulfide) groups is 1. The molecule has 0 saturated carbocycles. The number of hydrogen-bond acceptors (Lipinski definition) is 8. The van der Waals surface area contributed by atoms with E-state index in [-0.39, 0.29) is 11.7 Å². The van der Waals surface area contributed by atoms with Crippen LogP contribution in [0.15, 0.2) is 78.0 Å². The maximum Gasteiger partial charge on any atom is 0.234 e. The Balaban J connectivity index is 1.38. The van der Waals surface area contributed by atoms with Gasteiger partial charge in [-0.05, 0) is 36.4 Å². The monoisotopic (exact) mass is 501 g/mol. The number of amides is 1. The van der Waals surface area contributed by atoms with Crippen molar-refractivity contribution in [3.8, 4) is 17.2 Å². The van der Waals surface area contributed by atoms with Crippen LogP contribution >= 0.6 is 11.8 Å². The molecular formula is C25H23N7O3S. The third-order valence-corrected chi connectivity index (χ3v) is 6.37. The molecule has 1 N–H and O–H groups in total. The normalized spacial score (nSPS) is 10.9. The van der Waals surface area contributed by atoms with E-state index in [1.54, 1.807) is 37.1 Å². The molecule has 2 aromatic heterocycles. The molecule has 0 bridgehead atoms. The highest BCUT2D eigenvalue weighted by Gasteiger charge is 2.18. The van der Waals surface area contributed by atoms with Crippen LogP contribution in [-0.4, -0.2) is 55.6 Å². The number of methoxy groups -OCH3 is 2. The van der Waals surface area contributed by atoms with Crippen molar-refractivity contribution in [1.29, 1.82) is 0 Å². The van der Waals surface area contributed by atoms with Crippen LogP contribution in [0.2, 0.25) is 0 Å². The van der Waals surface area contributed by atoms with Crippen molar-refractivity contribution in [3.63, 3.8) is 0 Å². The third kappa shape index (κ3) is 4.86. The maximum atomic E-state index is 12.8. The molecule has 10 nitrogen and oxygen atoms in total. The Labute approximate surface area is 211 Å². The highest BCUT2D eigenvalue weighted by molar-refractivity contribution is 7.99. The molecule has 0 aliphatic heterocycles. The highest BCUT2D eigenvalue weighted by atomic mass is 32.2. The molecule has 1 amide bonds. The van der Waals surface area contributed by atoms with E-state index in [2.05, 4.69) is 25.8 Å². The van der Waals surface area contributed by atoms with Crippen molar-refractivity contribution in [3.05, 3.63) is 78.6 Å². The fraction of sp³-hybridized carbons (Fsp3) is 0.160. The van der Waals surface area contributed by atoms with Gasteiger partial charge in [0.25, 0.3) is 0 Å². The molecule has 0 aliphatic carbocycles. The number of aromatic nitrogens is 6. The molecule has 0 spiro atoms. The zero-order chi connectivity index (χ0) is 24.9. The first-order valence-electron chi connectivity index (χ1n) is 11.1. The molecule has 5 aromatic rings. The van der Waals surface area contributed by atoms with Crippen molar-refractivity contribution in [2.75, 3.05) is 25.3 Å². The van der Waals surface area contributed by atoms with Gasteiger partial charge in [0.2, 0.25) is 5.91 Å². The minimum atomic E-state index is -0.210. The summed E-state index contributed by atoms with van der Waals surface area (Å²) in [5.41, 5.74) is 3.13. The van der Waals surface area contributed by atoms with Gasteiger partial charge in [0, 0.05) is 11.8 Å². The molecule has 182 valence electrons. The summed E-state index contributed by atoms with van der Waals surface area (Å²) in [7, 11) is 3.12. The van der Waals surface area contributed by atoms with Gasteiger partial charge in [-0.25, -0.2) is 4.68 Å². The molecular weight excluding hydrogens is 478 g/mol. The smallest absolute Gasteiger partial charge is 0.234 e. The van der Waals surface area contributed by atoms with Gasteiger partial charge in [0.05, 0.1) is 31.2 Å². The first-order chi connectivity index (χ1) is 17.7. The Morgan fingerprint density at radius 2 is 1.75 bits per heavy atom. The van der Waals surface area contributed by atoms with E-state index in [0.717, 1.165) is 16.7 Å². The molecule has 36 heavy (non-hydrogen) atoms. The molecule has 0 atom stereocenters. The van der Waals surface area contributed by atoms with Gasteiger partial charge >= 0.3 is 0 Å². The molecule has 0 fully saturated rings. The van der Waals surface area contributed by atoms with Crippen molar-refractivity contribution in [2.45, 2.75) is 11.7 Å². The summed E-state index contributed by atoms with van der Waals surface area (Å²) in [5.74, 6) is 1.75. The number of fused-ring (bicyclic) bond motifs is 1. The van der Waals surface area contributed by atoms with Crippen LogP contribution in [0.3, 0.4) is 0 Å². The minimum Gasteiger partial charge on any atom is -0.497 e. The standard InChI is InChI=1S/C25H23N7O3S/c1-34-18-12-13-22(35-2)20(14-18)26-24(33)16-36-25-29-28-23(32(25)17-8-4-3-5-9-17)15-31-21-11-7-6-10-19(21)27-30-31/h3-14H,15-16H2,1-2H3,(H,26,33). The zero-order valence-corrected chi connectivity index (χ0v) is 20.5. The Bertz CT molecular complexity index is 1500. The predicted octanol–water partition coefficient (Wildman–Crippen LogP) is 3.81. The first kappa shape index (κ1) is 23.4. The molecule has 0 unspecified atom stereocenters. The average Bonchev–Trinajstić information content (AvgIpc) is 3.52. The summed E-state index contributed by atoms with van der Waals surface area (Å²) in [6.45, 7) is 0.371. The van der Waals surface area contributed by atoms with Crippen LogP contribution in [0, 0.1) is 0 Å². The summed E-state index contributed by atoms with van der Waals surface area (Å²) in [5, 5.41) is 20.8. The van der Waals surface area contributed by atoms with Crippen LogP contribution in [0.5, 0.6) is 11.5 Å². The summed E-state index contributed by atoms with van der Waals surface area (Å²) in [6, 6.07) is 22.8. The highest BCUT2D eigenvalue weighted by Crippen LogP contribution is 2.29. The van der Waals surface area contributed by atoms with E-state index in [0.29, 0.717) is 34.7 Å². The van der Waals surface area contributed by atoms with E-state index < -0.39 is 0 Å². The lowest BCUT2D eigenvalue weighted by atomic mass is 10.2. The molecule has 3 aromatic carbocycles. The number of hydrogen-bond donors (Lipinski definition) is 1. The number of benzene rings is 3. The van der Waals surface area contributed by atoms with Gasteiger partial charge in [-0.15, -0.1) is 15.3 Å². The second-order valence-corrected chi connectivity index (χ2v) is 8.65. The molecule has 0 radical (unpaired) electrons. The first-order valence-corrected chi connectivity index (χ1v) is 12.1. The Hall–Kier alpha value is -4.38. The number of nitrogens with zero attached hydrogens (tertiary/aromatic N) is 6. The second-order valence-electron chi connectivity index (χ2n) is 7.71. The number of para-hydroxylation sites is 2. The van der Waals surface area contributed by atoms with Crippen LogP contribution in [0.1, 0.15) is 5.82 Å². The van der Waals surface area contributed by atoms with E-state index in [4.69, 9.17) is 9.47 Å². The fourth-order valence-electron chi connectivity index (χ4n) is 3.73. The summed E-state index contributed by atoms with van der Waals surface area (Å²) in [4.78, 5) is 12.8. The van der Waals surface area contributed by atoms with E-state index in [1.807, 2.05) is 59.2 Å². The largest absolute Gasteiger partial charge is 0.497 e. The van der Waals surface area contributed by atoms with E-state index in [9.17, 15) is 4.79 Å². The minimum absolute atomic E-state index is 0.123. The summed E-state index contributed by atoms with van der Waals surface area (Å²) in [6.07, 6.45) is 0. The summed E-state index contributed by atoms with van der Waals surface area (Å²) < 4.78 is 14.3. The lowest BCUT2D eigenvalue weighted by Crippen LogP contribution is -2.15. The molecule has 0 aliphatic rings. The maximum absolute atomic E-state index is 12.8. The quantitative estimate of drug-likeness (QED) is 0.304. The van der Waals surface area contributed by atoms with E-state index in [1.165, 1.54) is 11.8 Å². The molecule has 2 heterocycles. The Morgan fingerprint density at radius 1 is 0.944 bits per heavy atom. The zero-order valence-electron chi connectivity index (χ0n) is 19.7. The Kier molecular flexibility index (Phi) is 6.80. The lowest BCUT2D eigenvalue weighted by molar-refractivity contribution is -0.113. The van der Waals surface area contributed by atoms with Crippen molar-refractivity contribution < 1.29 is 14.3 Å². The van der Waals surface area contributed by atoms with E-state index >= 15 is 0 Å². The van der Waals surface area contributed by atoms with Crippen LogP contribution in [-0.2, 0) is 11.3 Å². The third-order valence-electron chi connectivity index (χ3n) is 5.44. The number of carbonyl (C=O) groups is 1. The molecule has 0 saturated heterocycles. The number of nitrogens with one attached hydrogen (secondary N) is 1. The van der Waals surface area contributed by atoms with Crippen LogP contribution in [0.25, 0.3) is 16.7 Å². The SMILES string of the molecule is COc1ccc(OC)c(NC(=O)CSc2nnc(Cn3nnc4ccccc43)n2-c2ccccc2)c1. The average molecular weight is 502 g/mol. The second kappa shape index (κ2) is 10.5. The lowest BCUT2D eigenvalue weighted by Gasteiger charge is -2.12. The van der Waals surface area contributed by atoms with Gasteiger partial charge < -0.3 is 14.8 Å². The number of anilines is 1. The van der Waals surface area contributed by atoms with Crippen LogP contribution in [0.4, 0.5) is 5.69 Å². The Morgan fingerprint density at radius 3 is 2.56 bits per heavy atom. The topological polar surface area (TPSA) is 109 Å². The van der Waals surface area contributed by atoms with Gasteiger partial charge in [-0.3, -0.25) is 9.36 Å². The van der Waals surface area contributed by atoms with Crippen molar-refractivity contribution in [1.82, 2.24) is 29.8 Å². The van der Waals surface area contributed by atoms with Crippen LogP contribution < -0.4 is 14.8 Å². The van der Waals surface area contributed by atoms with Crippen molar-refractivity contribution >= 4 is 34.4 Å². The van der Waals surface area contributed by atoms with Gasteiger partial charge in [0.1, 0.15) is 23.6 Å². The molecule has 5 rings (SSSR count). The number of ether oxygens (including phenoxy) is 2. The number of carbonyl (C=O) groups excluding carboxylic acids is 1. The fourth-order valence-corrected chi connectivity index (χ4v) is 4.50. The number of rotatable bonds is 9. The van der Waals surface area contributed by atoms with Crippen molar-refractivity contribution in [2.24, 2.45) is 0 Å². The van der Waals surface area contributed by atoms with Gasteiger partial charge in [-0.2, -0.15) is 0 Å².